The molecule has 0 spiro atoms. The molecule has 0 aromatic rings. The van der Waals surface area contributed by atoms with Gasteiger partial charge in [0, 0.05) is 13.3 Å². The second-order valence-corrected chi connectivity index (χ2v) is 24.3. The molecule has 24 heteroatoms. The maximum Gasteiger partial charge on any atom is 0.364 e. The van der Waals surface area contributed by atoms with Crippen LogP contribution in [0, 0.1) is 5.92 Å². The third-order valence-electron chi connectivity index (χ3n) is 16.2. The highest BCUT2D eigenvalue weighted by Gasteiger charge is 2.58. The fourth-order valence-electron chi connectivity index (χ4n) is 10.7. The molecule has 12 N–H and O–H groups in total. The number of rotatable bonds is 49. The predicted octanol–water partition coefficient (Wildman–Crippen LogP) is 4.80. The van der Waals surface area contributed by atoms with Crippen molar-refractivity contribution in [3.63, 3.8) is 0 Å². The Labute approximate surface area is 488 Å². The third kappa shape index (κ3) is 29.9. The molecule has 0 aromatic heterocycles. The number of aliphatic carboxylic acids is 1. The standard InChI is InChI=1S/C58H110N2O21S/c1-5-7-8-9-10-11-12-13-14-15-16-17-18-19-20-21-22-25-29-32-35-44(64)55(71)60-42(49(66)43(63)34-31-28-26-23-24-27-30-33-40(3)6-2)38-77-56-53(70)52(69)51(68)47(79-56)39-78-58(57(72)73)36-46(81-82(74,75)76)48(59-41(4)62)54(80-58)50(67)45(65)37-61/h40,42-54,56,61,63-70H,5-39H2,1-4H3,(H,59,62)(H,60,71)(H,72,73)(H,74,75,76)/p-1/t40?,42-,43+,44+,45?,46?,47?,48?,49-,50?,51+,52?,53?,54?,56+,58?/m0/s1. The predicted molar refractivity (Wildman–Crippen MR) is 303 cm³/mol. The summed E-state index contributed by atoms with van der Waals surface area (Å²) in [5.74, 6) is -6.27. The first-order valence-corrected chi connectivity index (χ1v) is 32.4. The largest absolute Gasteiger partial charge is 0.726 e. The van der Waals surface area contributed by atoms with Crippen LogP contribution in [0.15, 0.2) is 0 Å². The van der Waals surface area contributed by atoms with Crippen LogP contribution in [0.5, 0.6) is 0 Å². The van der Waals surface area contributed by atoms with Gasteiger partial charge in [0.2, 0.25) is 22.2 Å². The number of carbonyl (C=O) groups excluding carboxylic acids is 2. The molecule has 2 saturated heterocycles. The second-order valence-electron chi connectivity index (χ2n) is 23.3. The lowest BCUT2D eigenvalue weighted by molar-refractivity contribution is -0.338. The van der Waals surface area contributed by atoms with Crippen molar-refractivity contribution in [2.75, 3.05) is 19.8 Å². The number of carboxylic acids is 1. The molecular formula is C58H109N2O21S-. The van der Waals surface area contributed by atoms with Crippen molar-refractivity contribution < 1.29 is 102 Å². The zero-order valence-electron chi connectivity index (χ0n) is 49.8. The molecular weight excluding hydrogens is 1090 g/mol. The van der Waals surface area contributed by atoms with Gasteiger partial charge in [-0.1, -0.05) is 207 Å². The zero-order chi connectivity index (χ0) is 61.1. The number of unbranched alkanes of at least 4 members (excludes halogenated alkanes) is 25. The first kappa shape index (κ1) is 75.9. The highest BCUT2D eigenvalue weighted by atomic mass is 32.3. The Hall–Kier alpha value is -2.24. The number of ether oxygens (including phenoxy) is 4. The van der Waals surface area contributed by atoms with E-state index in [0.29, 0.717) is 18.8 Å². The van der Waals surface area contributed by atoms with Gasteiger partial charge in [-0.05, 0) is 18.8 Å². The molecule has 2 amide bonds. The van der Waals surface area contributed by atoms with Gasteiger partial charge in [-0.15, -0.1) is 0 Å². The molecule has 2 heterocycles. The normalized spacial score (nSPS) is 25.9. The average molecular weight is 1200 g/mol. The van der Waals surface area contributed by atoms with E-state index in [2.05, 4.69) is 35.6 Å². The SMILES string of the molecule is CCCCCCCCCCCCCCCCCCCCCC[C@@H](O)C(=O)N[C@@H](CO[C@@H]1OC(COC2(C(=O)O)CC(OS(=O)(=O)[O-])C(NC(C)=O)C(C(O)C(O)CO)O2)[C@@H](O)C(O)C1O)[C@H](O)[C@H](O)CCCCCCCCCC(C)CC. The van der Waals surface area contributed by atoms with Crippen molar-refractivity contribution in [1.82, 2.24) is 10.6 Å². The highest BCUT2D eigenvalue weighted by Crippen LogP contribution is 2.37. The molecule has 484 valence electrons. The summed E-state index contributed by atoms with van der Waals surface area (Å²) in [6.45, 7) is 4.65. The molecule has 0 saturated carbocycles. The third-order valence-corrected chi connectivity index (χ3v) is 16.6. The lowest BCUT2D eigenvalue weighted by Gasteiger charge is -2.48. The molecule has 23 nitrogen and oxygen atoms in total. The van der Waals surface area contributed by atoms with E-state index in [4.69, 9.17) is 18.9 Å². The van der Waals surface area contributed by atoms with Gasteiger partial charge in [0.1, 0.15) is 61.0 Å². The minimum Gasteiger partial charge on any atom is -0.726 e. The van der Waals surface area contributed by atoms with E-state index < -0.39 is 146 Å². The van der Waals surface area contributed by atoms with Gasteiger partial charge in [-0.25, -0.2) is 13.2 Å². The Bertz CT molecular complexity index is 1810. The van der Waals surface area contributed by atoms with Crippen LogP contribution >= 0.6 is 0 Å². The van der Waals surface area contributed by atoms with Crippen LogP contribution in [0.2, 0.25) is 0 Å². The van der Waals surface area contributed by atoms with Crippen LogP contribution in [-0.2, 0) is 47.9 Å². The Morgan fingerprint density at radius 2 is 1.16 bits per heavy atom. The van der Waals surface area contributed by atoms with Crippen LogP contribution in [0.3, 0.4) is 0 Å². The van der Waals surface area contributed by atoms with E-state index in [9.17, 15) is 78.4 Å². The molecule has 0 aliphatic carbocycles. The molecule has 0 bridgehead atoms. The molecule has 2 aliphatic heterocycles. The zero-order valence-corrected chi connectivity index (χ0v) is 50.6. The summed E-state index contributed by atoms with van der Waals surface area (Å²) in [5.41, 5.74) is 0. The maximum absolute atomic E-state index is 13.5. The Kier molecular flexibility index (Phi) is 39.4. The summed E-state index contributed by atoms with van der Waals surface area (Å²) in [4.78, 5) is 38.6. The highest BCUT2D eigenvalue weighted by molar-refractivity contribution is 7.80. The molecule has 2 rings (SSSR count). The number of amides is 2. The fraction of sp³-hybridized carbons (Fsp3) is 0.948. The number of aliphatic hydroxyl groups is 9. The van der Waals surface area contributed by atoms with Crippen LogP contribution in [0.4, 0.5) is 0 Å². The maximum atomic E-state index is 13.5. The summed E-state index contributed by atoms with van der Waals surface area (Å²) in [6.07, 6.45) is 8.84. The van der Waals surface area contributed by atoms with Gasteiger partial charge in [0.05, 0.1) is 38.0 Å². The van der Waals surface area contributed by atoms with E-state index in [0.717, 1.165) is 71.1 Å². The molecule has 82 heavy (non-hydrogen) atoms. The number of hydrogen-bond acceptors (Lipinski definition) is 20. The molecule has 0 aromatic carbocycles. The number of hydrogen-bond donors (Lipinski definition) is 12. The first-order chi connectivity index (χ1) is 39.0. The van der Waals surface area contributed by atoms with Crippen molar-refractivity contribution >= 4 is 28.2 Å². The number of carboxylic acid groups (broad SMARTS) is 1. The van der Waals surface area contributed by atoms with E-state index in [1.165, 1.54) is 109 Å². The minimum absolute atomic E-state index is 0.113. The van der Waals surface area contributed by atoms with Gasteiger partial charge in [-0.3, -0.25) is 13.8 Å². The smallest absolute Gasteiger partial charge is 0.364 e. The quantitative estimate of drug-likeness (QED) is 0.0221. The summed E-state index contributed by atoms with van der Waals surface area (Å²) in [6, 6.07) is -3.30. The van der Waals surface area contributed by atoms with Crippen molar-refractivity contribution in [3.8, 4) is 0 Å². The fourth-order valence-corrected chi connectivity index (χ4v) is 11.2. The molecule has 0 radical (unpaired) electrons. The molecule has 2 aliphatic rings. The minimum atomic E-state index is -5.69. The van der Waals surface area contributed by atoms with E-state index >= 15 is 0 Å². The number of nitrogens with one attached hydrogen (secondary N) is 2. The van der Waals surface area contributed by atoms with Crippen LogP contribution in [0.25, 0.3) is 0 Å². The van der Waals surface area contributed by atoms with Gasteiger partial charge < -0.3 is 85.2 Å². The topological polar surface area (TPSA) is 381 Å². The second kappa shape index (κ2) is 42.6. The van der Waals surface area contributed by atoms with Crippen LogP contribution in [0.1, 0.15) is 233 Å². The number of carbonyl (C=O) groups is 3. The Morgan fingerprint density at radius 3 is 1.61 bits per heavy atom. The lowest BCUT2D eigenvalue weighted by atomic mass is 9.88. The Balaban J connectivity index is 2.08. The molecule has 16 atom stereocenters. The van der Waals surface area contributed by atoms with Crippen molar-refractivity contribution in [2.45, 2.75) is 324 Å². The van der Waals surface area contributed by atoms with E-state index in [1.54, 1.807) is 0 Å². The summed E-state index contributed by atoms with van der Waals surface area (Å²) >= 11 is 0. The van der Waals surface area contributed by atoms with Gasteiger partial charge >= 0.3 is 5.97 Å². The van der Waals surface area contributed by atoms with Gasteiger partial charge in [-0.2, -0.15) is 0 Å². The van der Waals surface area contributed by atoms with E-state index in [1.807, 2.05) is 0 Å². The van der Waals surface area contributed by atoms with Crippen molar-refractivity contribution in [1.29, 1.82) is 0 Å². The summed E-state index contributed by atoms with van der Waals surface area (Å²) in [7, 11) is -5.69. The van der Waals surface area contributed by atoms with E-state index in [-0.39, 0.29) is 12.8 Å². The first-order valence-electron chi connectivity index (χ1n) is 31.1. The summed E-state index contributed by atoms with van der Waals surface area (Å²) < 4.78 is 62.8. The summed E-state index contributed by atoms with van der Waals surface area (Å²) in [5, 5.41) is 113. The molecule has 10 unspecified atom stereocenters. The van der Waals surface area contributed by atoms with Crippen molar-refractivity contribution in [3.05, 3.63) is 0 Å². The van der Waals surface area contributed by atoms with Crippen LogP contribution < -0.4 is 10.6 Å². The average Bonchev–Trinajstić information content (AvgIpc) is 3.56. The van der Waals surface area contributed by atoms with Crippen LogP contribution in [-0.4, -0.2) is 193 Å². The lowest BCUT2D eigenvalue weighted by Crippen LogP contribution is -2.69. The van der Waals surface area contributed by atoms with Crippen molar-refractivity contribution in [2.24, 2.45) is 5.92 Å². The Morgan fingerprint density at radius 1 is 0.683 bits per heavy atom. The van der Waals surface area contributed by atoms with Gasteiger partial charge in [0.25, 0.3) is 5.79 Å². The van der Waals surface area contributed by atoms with Gasteiger partial charge in [0.15, 0.2) is 6.29 Å². The number of aliphatic hydroxyl groups excluding tert-OH is 9. The monoisotopic (exact) mass is 1200 g/mol. The molecule has 2 fully saturated rings.